The average molecular weight is 198 g/mol. The minimum absolute atomic E-state index is 0.628. The SMILES string of the molecule is CO/N=C(/C)c1cnnc(SC)n1. The summed E-state index contributed by atoms with van der Waals surface area (Å²) in [6, 6.07) is 0. The van der Waals surface area contributed by atoms with Crippen LogP contribution in [0.1, 0.15) is 12.6 Å². The van der Waals surface area contributed by atoms with Gasteiger partial charge >= 0.3 is 0 Å². The summed E-state index contributed by atoms with van der Waals surface area (Å²) in [6.07, 6.45) is 3.45. The normalized spacial score (nSPS) is 11.5. The van der Waals surface area contributed by atoms with Gasteiger partial charge in [-0.25, -0.2) is 4.98 Å². The van der Waals surface area contributed by atoms with Crippen molar-refractivity contribution in [1.82, 2.24) is 15.2 Å². The lowest BCUT2D eigenvalue weighted by molar-refractivity contribution is 0.213. The number of aromatic nitrogens is 3. The summed E-state index contributed by atoms with van der Waals surface area (Å²) in [5.74, 6) is 0. The molecular weight excluding hydrogens is 188 g/mol. The van der Waals surface area contributed by atoms with E-state index in [2.05, 4.69) is 25.2 Å². The lowest BCUT2D eigenvalue weighted by Gasteiger charge is -1.98. The van der Waals surface area contributed by atoms with Gasteiger partial charge in [0, 0.05) is 0 Å². The van der Waals surface area contributed by atoms with Crippen molar-refractivity contribution >= 4 is 17.5 Å². The van der Waals surface area contributed by atoms with Crippen LogP contribution in [0, 0.1) is 0 Å². The minimum atomic E-state index is 0.628. The molecule has 0 amide bonds. The fraction of sp³-hybridized carbons (Fsp3) is 0.429. The molecule has 0 N–H and O–H groups in total. The molecule has 0 saturated carbocycles. The summed E-state index contributed by atoms with van der Waals surface area (Å²) in [5, 5.41) is 12.0. The molecule has 0 radical (unpaired) electrons. The Labute approximate surface area is 80.6 Å². The van der Waals surface area contributed by atoms with E-state index in [1.165, 1.54) is 18.9 Å². The molecule has 0 unspecified atom stereocenters. The number of oxime groups is 1. The summed E-state index contributed by atoms with van der Waals surface area (Å²) in [7, 11) is 1.49. The molecule has 1 aromatic rings. The Morgan fingerprint density at radius 1 is 1.62 bits per heavy atom. The molecule has 6 heteroatoms. The first-order valence-electron chi connectivity index (χ1n) is 3.59. The van der Waals surface area contributed by atoms with Crippen LogP contribution in [0.5, 0.6) is 0 Å². The molecular formula is C7H10N4OS. The zero-order valence-corrected chi connectivity index (χ0v) is 8.50. The second-order valence-corrected chi connectivity index (χ2v) is 2.96. The first-order valence-corrected chi connectivity index (χ1v) is 4.82. The quantitative estimate of drug-likeness (QED) is 0.411. The molecule has 0 aliphatic rings. The second kappa shape index (κ2) is 4.76. The van der Waals surface area contributed by atoms with Crippen molar-refractivity contribution in [2.45, 2.75) is 12.1 Å². The molecule has 1 rings (SSSR count). The molecule has 13 heavy (non-hydrogen) atoms. The zero-order valence-electron chi connectivity index (χ0n) is 7.68. The molecule has 0 aromatic carbocycles. The van der Waals surface area contributed by atoms with Crippen LogP contribution in [0.3, 0.4) is 0 Å². The smallest absolute Gasteiger partial charge is 0.209 e. The Balaban J connectivity index is 2.94. The Hall–Kier alpha value is -1.17. The molecule has 1 aromatic heterocycles. The van der Waals surface area contributed by atoms with E-state index in [1.807, 2.05) is 6.26 Å². The summed E-state index contributed by atoms with van der Waals surface area (Å²) < 4.78 is 0. The van der Waals surface area contributed by atoms with Gasteiger partial charge in [-0.2, -0.15) is 5.10 Å². The Kier molecular flexibility index (Phi) is 3.63. The topological polar surface area (TPSA) is 60.3 Å². The van der Waals surface area contributed by atoms with Gasteiger partial charge in [-0.15, -0.1) is 5.10 Å². The third-order valence-electron chi connectivity index (χ3n) is 1.32. The van der Waals surface area contributed by atoms with Crippen molar-refractivity contribution in [1.29, 1.82) is 0 Å². The molecule has 70 valence electrons. The van der Waals surface area contributed by atoms with Crippen LogP contribution >= 0.6 is 11.8 Å². The molecule has 0 saturated heterocycles. The van der Waals surface area contributed by atoms with E-state index in [9.17, 15) is 0 Å². The third kappa shape index (κ3) is 2.66. The summed E-state index contributed by atoms with van der Waals surface area (Å²) >= 11 is 1.44. The summed E-state index contributed by atoms with van der Waals surface area (Å²) in [4.78, 5) is 8.81. The standard InChI is InChI=1S/C7H10N4OS/c1-5(11-12-2)6-4-8-10-7(9-6)13-3/h4H,1-3H3/b11-5-. The van der Waals surface area contributed by atoms with Crippen LogP contribution in [0.15, 0.2) is 16.5 Å². The van der Waals surface area contributed by atoms with E-state index in [1.54, 1.807) is 13.1 Å². The highest BCUT2D eigenvalue weighted by atomic mass is 32.2. The van der Waals surface area contributed by atoms with Crippen molar-refractivity contribution in [3.05, 3.63) is 11.9 Å². The lowest BCUT2D eigenvalue weighted by Crippen LogP contribution is -2.02. The van der Waals surface area contributed by atoms with Crippen molar-refractivity contribution in [2.24, 2.45) is 5.16 Å². The van der Waals surface area contributed by atoms with Gasteiger partial charge in [-0.1, -0.05) is 16.9 Å². The van der Waals surface area contributed by atoms with Crippen molar-refractivity contribution in [3.63, 3.8) is 0 Å². The number of nitrogens with zero attached hydrogens (tertiary/aromatic N) is 4. The van der Waals surface area contributed by atoms with Crippen LogP contribution in [0.2, 0.25) is 0 Å². The van der Waals surface area contributed by atoms with Gasteiger partial charge in [0.1, 0.15) is 18.5 Å². The maximum atomic E-state index is 4.62. The number of thioether (sulfide) groups is 1. The fourth-order valence-corrected chi connectivity index (χ4v) is 1.05. The molecule has 0 fully saturated rings. The number of hydrogen-bond donors (Lipinski definition) is 0. The van der Waals surface area contributed by atoms with Gasteiger partial charge in [-0.05, 0) is 13.2 Å². The third-order valence-corrected chi connectivity index (χ3v) is 1.86. The molecule has 0 spiro atoms. The maximum absolute atomic E-state index is 4.62. The van der Waals surface area contributed by atoms with Gasteiger partial charge in [0.05, 0.1) is 6.20 Å². The molecule has 0 aliphatic heterocycles. The van der Waals surface area contributed by atoms with Gasteiger partial charge in [-0.3, -0.25) is 0 Å². The van der Waals surface area contributed by atoms with Crippen LogP contribution in [0.4, 0.5) is 0 Å². The molecule has 0 atom stereocenters. The average Bonchev–Trinajstić information content (AvgIpc) is 2.18. The van der Waals surface area contributed by atoms with Gasteiger partial charge in [0.25, 0.3) is 0 Å². The second-order valence-electron chi connectivity index (χ2n) is 2.19. The summed E-state index contributed by atoms with van der Waals surface area (Å²) in [6.45, 7) is 1.80. The van der Waals surface area contributed by atoms with E-state index in [0.717, 1.165) is 0 Å². The predicted molar refractivity (Wildman–Crippen MR) is 50.8 cm³/mol. The van der Waals surface area contributed by atoms with E-state index in [0.29, 0.717) is 16.6 Å². The van der Waals surface area contributed by atoms with Gasteiger partial charge in [0.2, 0.25) is 5.16 Å². The number of hydrogen-bond acceptors (Lipinski definition) is 6. The highest BCUT2D eigenvalue weighted by Crippen LogP contribution is 2.06. The van der Waals surface area contributed by atoms with Crippen LogP contribution in [0.25, 0.3) is 0 Å². The lowest BCUT2D eigenvalue weighted by atomic mass is 10.3. The Bertz CT molecular complexity index is 315. The van der Waals surface area contributed by atoms with Gasteiger partial charge < -0.3 is 4.84 Å². The maximum Gasteiger partial charge on any atom is 0.209 e. The van der Waals surface area contributed by atoms with E-state index >= 15 is 0 Å². The zero-order chi connectivity index (χ0) is 9.68. The highest BCUT2D eigenvalue weighted by molar-refractivity contribution is 7.98. The highest BCUT2D eigenvalue weighted by Gasteiger charge is 2.02. The van der Waals surface area contributed by atoms with Crippen LogP contribution in [-0.4, -0.2) is 34.3 Å². The van der Waals surface area contributed by atoms with Crippen LogP contribution in [-0.2, 0) is 4.84 Å². The first-order chi connectivity index (χ1) is 6.27. The van der Waals surface area contributed by atoms with Gasteiger partial charge in [0.15, 0.2) is 0 Å². The summed E-state index contributed by atoms with van der Waals surface area (Å²) in [5.41, 5.74) is 1.37. The number of rotatable bonds is 3. The van der Waals surface area contributed by atoms with Crippen LogP contribution < -0.4 is 0 Å². The van der Waals surface area contributed by atoms with Crippen molar-refractivity contribution in [2.75, 3.05) is 13.4 Å². The molecule has 1 heterocycles. The van der Waals surface area contributed by atoms with Crippen molar-refractivity contribution < 1.29 is 4.84 Å². The first kappa shape index (κ1) is 9.91. The fourth-order valence-electron chi connectivity index (χ4n) is 0.732. The van der Waals surface area contributed by atoms with Crippen molar-refractivity contribution in [3.8, 4) is 0 Å². The van der Waals surface area contributed by atoms with E-state index < -0.39 is 0 Å². The largest absolute Gasteiger partial charge is 0.399 e. The Morgan fingerprint density at radius 2 is 2.38 bits per heavy atom. The monoisotopic (exact) mass is 198 g/mol. The molecule has 5 nitrogen and oxygen atoms in total. The molecule has 0 aliphatic carbocycles. The van der Waals surface area contributed by atoms with E-state index in [-0.39, 0.29) is 0 Å². The van der Waals surface area contributed by atoms with E-state index in [4.69, 9.17) is 0 Å². The predicted octanol–water partition coefficient (Wildman–Crippen LogP) is 0.964. The minimum Gasteiger partial charge on any atom is -0.399 e. The molecule has 0 bridgehead atoms. The Morgan fingerprint density at radius 3 is 3.00 bits per heavy atom.